The van der Waals surface area contributed by atoms with Gasteiger partial charge in [-0.25, -0.2) is 0 Å². The maximum absolute atomic E-state index is 13.0. The fourth-order valence-electron chi connectivity index (χ4n) is 3.57. The van der Waals surface area contributed by atoms with Crippen LogP contribution in [-0.2, 0) is 11.3 Å². The highest BCUT2D eigenvalue weighted by Gasteiger charge is 2.30. The average molecular weight is 483 g/mol. The molecule has 1 aromatic carbocycles. The van der Waals surface area contributed by atoms with Gasteiger partial charge in [-0.05, 0) is 36.6 Å². The van der Waals surface area contributed by atoms with E-state index in [0.717, 1.165) is 10.3 Å². The number of pyridine rings is 1. The summed E-state index contributed by atoms with van der Waals surface area (Å²) in [7, 11) is 0. The second kappa shape index (κ2) is 9.10. The van der Waals surface area contributed by atoms with E-state index in [1.54, 1.807) is 29.4 Å². The molecule has 0 atom stereocenters. The number of halogens is 3. The Morgan fingerprint density at radius 3 is 2.67 bits per heavy atom. The SMILES string of the molecule is O=C(NCc1cccnc1)C1CCN(C(=O)c2sc3cc(Cl)cc(Cl)c3c2Cl)CC1. The molecule has 30 heavy (non-hydrogen) atoms. The summed E-state index contributed by atoms with van der Waals surface area (Å²) in [6.45, 7) is 1.46. The lowest BCUT2D eigenvalue weighted by atomic mass is 9.95. The zero-order valence-electron chi connectivity index (χ0n) is 15.8. The van der Waals surface area contributed by atoms with Gasteiger partial charge in [-0.2, -0.15) is 0 Å². The van der Waals surface area contributed by atoms with Crippen molar-refractivity contribution in [2.24, 2.45) is 5.92 Å². The van der Waals surface area contributed by atoms with Crippen molar-refractivity contribution in [3.05, 3.63) is 62.2 Å². The maximum atomic E-state index is 13.0. The Labute approximate surface area is 192 Å². The van der Waals surface area contributed by atoms with Crippen LogP contribution in [0, 0.1) is 5.92 Å². The van der Waals surface area contributed by atoms with Crippen LogP contribution in [0.2, 0.25) is 15.1 Å². The standard InChI is InChI=1S/C21H18Cl3N3O2S/c22-14-8-15(23)17-16(9-14)30-19(18(17)24)21(29)27-6-3-13(4-7-27)20(28)26-11-12-2-1-5-25-10-12/h1-2,5,8-10,13H,3-4,6-7,11H2,(H,26,28). The number of likely N-dealkylation sites (tertiary alicyclic amines) is 1. The molecule has 3 aromatic rings. The number of fused-ring (bicyclic) bond motifs is 1. The van der Waals surface area contributed by atoms with Gasteiger partial charge >= 0.3 is 0 Å². The van der Waals surface area contributed by atoms with Gasteiger partial charge in [-0.3, -0.25) is 14.6 Å². The van der Waals surface area contributed by atoms with Crippen LogP contribution in [-0.4, -0.2) is 34.8 Å². The third-order valence-corrected chi connectivity index (χ3v) is 7.32. The van der Waals surface area contributed by atoms with Crippen molar-refractivity contribution in [2.45, 2.75) is 19.4 Å². The summed E-state index contributed by atoms with van der Waals surface area (Å²) in [6, 6.07) is 7.14. The summed E-state index contributed by atoms with van der Waals surface area (Å²) >= 11 is 20.1. The fourth-order valence-corrected chi connectivity index (χ4v) is 5.92. The minimum Gasteiger partial charge on any atom is -0.352 e. The number of nitrogens with zero attached hydrogens (tertiary/aromatic N) is 2. The molecule has 0 bridgehead atoms. The Morgan fingerprint density at radius 1 is 1.20 bits per heavy atom. The molecule has 156 valence electrons. The lowest BCUT2D eigenvalue weighted by Crippen LogP contribution is -2.42. The van der Waals surface area contributed by atoms with E-state index in [2.05, 4.69) is 10.3 Å². The Balaban J connectivity index is 1.39. The minimum atomic E-state index is -0.136. The van der Waals surface area contributed by atoms with Gasteiger partial charge in [0.15, 0.2) is 0 Å². The highest BCUT2D eigenvalue weighted by molar-refractivity contribution is 7.21. The van der Waals surface area contributed by atoms with Crippen LogP contribution in [0.4, 0.5) is 0 Å². The van der Waals surface area contributed by atoms with Crippen LogP contribution in [0.3, 0.4) is 0 Å². The number of nitrogens with one attached hydrogen (secondary N) is 1. The van der Waals surface area contributed by atoms with Crippen molar-refractivity contribution in [2.75, 3.05) is 13.1 Å². The number of hydrogen-bond acceptors (Lipinski definition) is 4. The first kappa shape index (κ1) is 21.4. The minimum absolute atomic E-state index is 0.00673. The van der Waals surface area contributed by atoms with Crippen LogP contribution in [0.5, 0.6) is 0 Å². The van der Waals surface area contributed by atoms with Gasteiger partial charge in [0.1, 0.15) is 4.88 Å². The second-order valence-corrected chi connectivity index (χ2v) is 9.43. The van der Waals surface area contributed by atoms with Gasteiger partial charge in [-0.1, -0.05) is 40.9 Å². The average Bonchev–Trinajstić information content (AvgIpc) is 3.08. The quantitative estimate of drug-likeness (QED) is 0.540. The van der Waals surface area contributed by atoms with Crippen molar-refractivity contribution < 1.29 is 9.59 Å². The zero-order chi connectivity index (χ0) is 21.3. The van der Waals surface area contributed by atoms with Gasteiger partial charge in [0.05, 0.1) is 10.0 Å². The predicted octanol–water partition coefficient (Wildman–Crippen LogP) is 5.43. The van der Waals surface area contributed by atoms with E-state index >= 15 is 0 Å². The predicted molar refractivity (Wildman–Crippen MR) is 122 cm³/mol. The molecular formula is C21H18Cl3N3O2S. The fraction of sp³-hybridized carbons (Fsp3) is 0.286. The van der Waals surface area contributed by atoms with Crippen LogP contribution < -0.4 is 5.32 Å². The molecule has 1 fully saturated rings. The van der Waals surface area contributed by atoms with Crippen molar-refractivity contribution in [3.8, 4) is 0 Å². The zero-order valence-corrected chi connectivity index (χ0v) is 18.9. The lowest BCUT2D eigenvalue weighted by molar-refractivity contribution is -0.126. The Morgan fingerprint density at radius 2 is 1.97 bits per heavy atom. The van der Waals surface area contributed by atoms with E-state index in [1.807, 2.05) is 12.1 Å². The number of hydrogen-bond donors (Lipinski definition) is 1. The maximum Gasteiger partial charge on any atom is 0.265 e. The number of carbonyl (C=O) groups excluding carboxylic acids is 2. The van der Waals surface area contributed by atoms with Crippen LogP contribution in [0.15, 0.2) is 36.7 Å². The molecule has 0 radical (unpaired) electrons. The lowest BCUT2D eigenvalue weighted by Gasteiger charge is -2.31. The third-order valence-electron chi connectivity index (χ3n) is 5.19. The molecular weight excluding hydrogens is 465 g/mol. The normalized spacial score (nSPS) is 14.8. The van der Waals surface area contributed by atoms with E-state index in [-0.39, 0.29) is 17.7 Å². The molecule has 9 heteroatoms. The summed E-state index contributed by atoms with van der Waals surface area (Å²) in [5, 5.41) is 4.90. The van der Waals surface area contributed by atoms with E-state index in [0.29, 0.717) is 57.8 Å². The number of benzene rings is 1. The number of carbonyl (C=O) groups is 2. The summed E-state index contributed by atoms with van der Waals surface area (Å²) in [4.78, 5) is 31.8. The summed E-state index contributed by atoms with van der Waals surface area (Å²) in [6.07, 6.45) is 4.65. The van der Waals surface area contributed by atoms with Crippen LogP contribution >= 0.6 is 46.1 Å². The molecule has 3 heterocycles. The van der Waals surface area contributed by atoms with Crippen LogP contribution in [0.25, 0.3) is 10.1 Å². The largest absolute Gasteiger partial charge is 0.352 e. The molecule has 0 unspecified atom stereocenters. The summed E-state index contributed by atoms with van der Waals surface area (Å²) in [5.74, 6) is -0.244. The number of aromatic nitrogens is 1. The third kappa shape index (κ3) is 4.42. The molecule has 0 spiro atoms. The summed E-state index contributed by atoms with van der Waals surface area (Å²) in [5.41, 5.74) is 0.955. The monoisotopic (exact) mass is 481 g/mol. The first-order valence-corrected chi connectivity index (χ1v) is 11.4. The van der Waals surface area contributed by atoms with E-state index in [9.17, 15) is 9.59 Å². The molecule has 2 amide bonds. The van der Waals surface area contributed by atoms with Gasteiger partial charge in [0.2, 0.25) is 5.91 Å². The topological polar surface area (TPSA) is 62.3 Å². The molecule has 1 aliphatic rings. The number of rotatable bonds is 4. The van der Waals surface area contributed by atoms with Crippen molar-refractivity contribution in [3.63, 3.8) is 0 Å². The Hall–Kier alpha value is -1.86. The highest BCUT2D eigenvalue weighted by Crippen LogP contribution is 2.41. The molecule has 2 aromatic heterocycles. The van der Waals surface area contributed by atoms with Gasteiger partial charge in [0.25, 0.3) is 5.91 Å². The molecule has 0 aliphatic carbocycles. The molecule has 5 nitrogen and oxygen atoms in total. The van der Waals surface area contributed by atoms with E-state index in [1.165, 1.54) is 11.3 Å². The second-order valence-electron chi connectivity index (χ2n) is 7.15. The number of piperidine rings is 1. The summed E-state index contributed by atoms with van der Waals surface area (Å²) < 4.78 is 0.783. The molecule has 4 rings (SSSR count). The first-order chi connectivity index (χ1) is 14.4. The Bertz CT molecular complexity index is 1100. The highest BCUT2D eigenvalue weighted by atomic mass is 35.5. The number of amides is 2. The van der Waals surface area contributed by atoms with Crippen LogP contribution in [0.1, 0.15) is 28.1 Å². The van der Waals surface area contributed by atoms with Gasteiger partial charge < -0.3 is 10.2 Å². The molecule has 1 N–H and O–H groups in total. The van der Waals surface area contributed by atoms with Gasteiger partial charge in [-0.15, -0.1) is 11.3 Å². The van der Waals surface area contributed by atoms with Crippen molar-refractivity contribution in [1.82, 2.24) is 15.2 Å². The molecule has 1 aliphatic heterocycles. The van der Waals surface area contributed by atoms with Gasteiger partial charge in [0, 0.05) is 53.1 Å². The smallest absolute Gasteiger partial charge is 0.265 e. The van der Waals surface area contributed by atoms with E-state index in [4.69, 9.17) is 34.8 Å². The molecule has 1 saturated heterocycles. The van der Waals surface area contributed by atoms with Crippen molar-refractivity contribution >= 4 is 68.0 Å². The molecule has 0 saturated carbocycles. The number of thiophene rings is 1. The van der Waals surface area contributed by atoms with E-state index < -0.39 is 0 Å². The Kier molecular flexibility index (Phi) is 6.48. The van der Waals surface area contributed by atoms with Crippen molar-refractivity contribution in [1.29, 1.82) is 0 Å². The first-order valence-electron chi connectivity index (χ1n) is 9.47.